The van der Waals surface area contributed by atoms with Gasteiger partial charge in [-0.05, 0) is 29.2 Å². The molecule has 130 valence electrons. The fourth-order valence-corrected chi connectivity index (χ4v) is 3.61. The Hall–Kier alpha value is -2.91. The van der Waals surface area contributed by atoms with Crippen LogP contribution in [0.1, 0.15) is 24.5 Å². The number of hydrogen-bond acceptors (Lipinski definition) is 2. The van der Waals surface area contributed by atoms with Gasteiger partial charge >= 0.3 is 0 Å². The minimum atomic E-state index is -0.359. The minimum Gasteiger partial charge on any atom is -0.288 e. The van der Waals surface area contributed by atoms with Gasteiger partial charge in [0.05, 0.1) is 12.0 Å². The summed E-state index contributed by atoms with van der Waals surface area (Å²) in [6.45, 7) is 2.81. The van der Waals surface area contributed by atoms with Crippen LogP contribution in [0.2, 0.25) is 0 Å². The first-order chi connectivity index (χ1) is 12.6. The highest BCUT2D eigenvalue weighted by molar-refractivity contribution is 5.79. The lowest BCUT2D eigenvalue weighted by Crippen LogP contribution is -2.43. The van der Waals surface area contributed by atoms with Crippen LogP contribution in [-0.4, -0.2) is 10.9 Å². The molecule has 1 amide bonds. The average Bonchev–Trinajstić information content (AvgIpc) is 2.98. The van der Waals surface area contributed by atoms with Gasteiger partial charge in [0.1, 0.15) is 0 Å². The van der Waals surface area contributed by atoms with Crippen molar-refractivity contribution in [2.75, 3.05) is 0 Å². The first-order valence-electron chi connectivity index (χ1n) is 8.92. The number of carbonyl (C=O) groups is 1. The van der Waals surface area contributed by atoms with Crippen LogP contribution in [0, 0.1) is 0 Å². The molecule has 0 radical (unpaired) electrons. The third-order valence-corrected chi connectivity index (χ3v) is 5.16. The monoisotopic (exact) mass is 342 g/mol. The molecule has 4 rings (SSSR count). The summed E-state index contributed by atoms with van der Waals surface area (Å²) in [5.74, 6) is 0.0653. The number of benzene rings is 3. The molecule has 0 bridgehead atoms. The molecule has 0 spiro atoms. The van der Waals surface area contributed by atoms with Crippen molar-refractivity contribution >= 4 is 5.91 Å². The van der Waals surface area contributed by atoms with Crippen molar-refractivity contribution in [3.8, 4) is 11.1 Å². The Kier molecular flexibility index (Phi) is 4.31. The Bertz CT molecular complexity index is 891. The lowest BCUT2D eigenvalue weighted by molar-refractivity contribution is -0.121. The first-order valence-corrected chi connectivity index (χ1v) is 8.92. The van der Waals surface area contributed by atoms with Crippen molar-refractivity contribution in [1.82, 2.24) is 10.4 Å². The highest BCUT2D eigenvalue weighted by Gasteiger charge is 2.42. The van der Waals surface area contributed by atoms with E-state index in [2.05, 4.69) is 65.9 Å². The first kappa shape index (κ1) is 16.6. The SMILES string of the molecule is CC1(c2ccc(-c3ccccc3)cc2)CC(=O)NN1Cc1ccccc1. The minimum absolute atomic E-state index is 0.0653. The summed E-state index contributed by atoms with van der Waals surface area (Å²) in [4.78, 5) is 12.2. The van der Waals surface area contributed by atoms with Gasteiger partial charge in [0.15, 0.2) is 0 Å². The zero-order valence-corrected chi connectivity index (χ0v) is 14.9. The molecule has 1 fully saturated rings. The number of amides is 1. The summed E-state index contributed by atoms with van der Waals surface area (Å²) in [5, 5.41) is 2.06. The molecule has 26 heavy (non-hydrogen) atoms. The van der Waals surface area contributed by atoms with Crippen molar-refractivity contribution in [1.29, 1.82) is 0 Å². The van der Waals surface area contributed by atoms with E-state index in [1.807, 2.05) is 36.4 Å². The zero-order chi connectivity index (χ0) is 18.0. The predicted molar refractivity (Wildman–Crippen MR) is 104 cm³/mol. The van der Waals surface area contributed by atoms with Crippen molar-refractivity contribution < 1.29 is 4.79 Å². The highest BCUT2D eigenvalue weighted by Crippen LogP contribution is 2.36. The Labute approximate surface area is 154 Å². The van der Waals surface area contributed by atoms with E-state index in [1.165, 1.54) is 16.7 Å². The van der Waals surface area contributed by atoms with E-state index in [0.717, 1.165) is 5.56 Å². The molecule has 1 N–H and O–H groups in total. The maximum atomic E-state index is 12.2. The largest absolute Gasteiger partial charge is 0.288 e. The van der Waals surface area contributed by atoms with Crippen molar-refractivity contribution in [3.05, 3.63) is 96.1 Å². The quantitative estimate of drug-likeness (QED) is 0.757. The van der Waals surface area contributed by atoms with E-state index >= 15 is 0 Å². The number of rotatable bonds is 4. The summed E-state index contributed by atoms with van der Waals surface area (Å²) < 4.78 is 0. The van der Waals surface area contributed by atoms with Crippen molar-refractivity contribution in [2.24, 2.45) is 0 Å². The molecular formula is C23H22N2O. The molecule has 1 atom stereocenters. The van der Waals surface area contributed by atoms with Gasteiger partial charge in [0.25, 0.3) is 0 Å². The second-order valence-corrected chi connectivity index (χ2v) is 7.00. The molecule has 0 saturated carbocycles. The van der Waals surface area contributed by atoms with E-state index in [9.17, 15) is 4.79 Å². The van der Waals surface area contributed by atoms with Gasteiger partial charge in [-0.1, -0.05) is 84.9 Å². The second-order valence-electron chi connectivity index (χ2n) is 7.00. The fourth-order valence-electron chi connectivity index (χ4n) is 3.61. The number of hydrogen-bond donors (Lipinski definition) is 1. The maximum Gasteiger partial charge on any atom is 0.236 e. The van der Waals surface area contributed by atoms with Crippen LogP contribution < -0.4 is 5.43 Å². The lowest BCUT2D eigenvalue weighted by Gasteiger charge is -2.34. The molecule has 3 aromatic carbocycles. The Morgan fingerprint density at radius 3 is 2.08 bits per heavy atom. The molecule has 3 heteroatoms. The number of carbonyl (C=O) groups excluding carboxylic acids is 1. The Morgan fingerprint density at radius 2 is 1.42 bits per heavy atom. The normalized spacial score (nSPS) is 20.1. The van der Waals surface area contributed by atoms with Gasteiger partial charge < -0.3 is 0 Å². The number of nitrogens with one attached hydrogen (secondary N) is 1. The molecule has 1 saturated heterocycles. The van der Waals surface area contributed by atoms with E-state index < -0.39 is 0 Å². The molecule has 0 aromatic heterocycles. The molecule has 1 aliphatic heterocycles. The number of nitrogens with zero attached hydrogens (tertiary/aromatic N) is 1. The van der Waals surface area contributed by atoms with E-state index in [4.69, 9.17) is 0 Å². The van der Waals surface area contributed by atoms with Gasteiger partial charge in [0, 0.05) is 6.54 Å². The Morgan fingerprint density at radius 1 is 0.846 bits per heavy atom. The smallest absolute Gasteiger partial charge is 0.236 e. The molecule has 3 aromatic rings. The van der Waals surface area contributed by atoms with Gasteiger partial charge in [-0.2, -0.15) is 0 Å². The third-order valence-electron chi connectivity index (χ3n) is 5.16. The molecule has 1 aliphatic rings. The van der Waals surface area contributed by atoms with Crippen LogP contribution in [0.25, 0.3) is 11.1 Å². The van der Waals surface area contributed by atoms with Crippen LogP contribution in [0.5, 0.6) is 0 Å². The summed E-state index contributed by atoms with van der Waals surface area (Å²) in [6.07, 6.45) is 0.463. The van der Waals surface area contributed by atoms with Crippen LogP contribution >= 0.6 is 0 Å². The summed E-state index contributed by atoms with van der Waals surface area (Å²) in [5.41, 5.74) is 7.39. The van der Waals surface area contributed by atoms with E-state index in [-0.39, 0.29) is 11.4 Å². The van der Waals surface area contributed by atoms with Gasteiger partial charge in [0.2, 0.25) is 5.91 Å². The summed E-state index contributed by atoms with van der Waals surface area (Å²) in [7, 11) is 0. The van der Waals surface area contributed by atoms with Crippen molar-refractivity contribution in [2.45, 2.75) is 25.4 Å². The lowest BCUT2D eigenvalue weighted by atomic mass is 9.87. The van der Waals surface area contributed by atoms with Gasteiger partial charge in [-0.3, -0.25) is 10.2 Å². The molecule has 1 unspecified atom stereocenters. The fraction of sp³-hybridized carbons (Fsp3) is 0.174. The van der Waals surface area contributed by atoms with E-state index in [0.29, 0.717) is 13.0 Å². The standard InChI is InChI=1S/C23H22N2O/c1-23(16-22(26)24-25(23)17-18-8-4-2-5-9-18)21-14-12-20(13-15-21)19-10-6-3-7-11-19/h2-15H,16-17H2,1H3,(H,24,26). The van der Waals surface area contributed by atoms with Crippen LogP contribution in [-0.2, 0) is 16.9 Å². The van der Waals surface area contributed by atoms with Crippen LogP contribution in [0.3, 0.4) is 0 Å². The molecule has 1 heterocycles. The summed E-state index contributed by atoms with van der Waals surface area (Å²) in [6, 6.07) is 29.1. The predicted octanol–water partition coefficient (Wildman–Crippen LogP) is 4.51. The summed E-state index contributed by atoms with van der Waals surface area (Å²) >= 11 is 0. The third kappa shape index (κ3) is 3.14. The van der Waals surface area contributed by atoms with E-state index in [1.54, 1.807) is 0 Å². The Balaban J connectivity index is 1.62. The average molecular weight is 342 g/mol. The molecule has 0 aliphatic carbocycles. The van der Waals surface area contributed by atoms with Crippen LogP contribution in [0.4, 0.5) is 0 Å². The van der Waals surface area contributed by atoms with Crippen molar-refractivity contribution in [3.63, 3.8) is 0 Å². The topological polar surface area (TPSA) is 32.3 Å². The van der Waals surface area contributed by atoms with Crippen LogP contribution in [0.15, 0.2) is 84.9 Å². The number of hydrazine groups is 1. The van der Waals surface area contributed by atoms with Gasteiger partial charge in [-0.25, -0.2) is 5.01 Å². The second kappa shape index (κ2) is 6.77. The maximum absolute atomic E-state index is 12.2. The molecule has 3 nitrogen and oxygen atoms in total. The zero-order valence-electron chi connectivity index (χ0n) is 14.9. The molecular weight excluding hydrogens is 320 g/mol. The van der Waals surface area contributed by atoms with Gasteiger partial charge in [-0.15, -0.1) is 0 Å². The highest BCUT2D eigenvalue weighted by atomic mass is 16.2.